The molecule has 2 aromatic carbocycles. The number of hydrogen-bond acceptors (Lipinski definition) is 4. The molecular weight excluding hydrogens is 576 g/mol. The zero-order chi connectivity index (χ0) is 22.9. The number of thioether (sulfide) groups is 1. The molecule has 1 N–H and O–H groups in total. The number of hydrogen-bond donors (Lipinski definition) is 1. The van der Waals surface area contributed by atoms with Gasteiger partial charge in [-0.25, -0.2) is 4.99 Å². The molecule has 8 heteroatoms. The molecule has 0 atom stereocenters. The van der Waals surface area contributed by atoms with Crippen molar-refractivity contribution in [1.82, 2.24) is 5.32 Å². The van der Waals surface area contributed by atoms with Gasteiger partial charge in [-0.2, -0.15) is 0 Å². The number of rotatable bonds is 10. The van der Waals surface area contributed by atoms with E-state index in [1.54, 1.807) is 12.1 Å². The number of carbonyl (C=O) groups is 1. The number of benzene rings is 2. The normalized spacial score (nSPS) is 16.1. The second-order valence-electron chi connectivity index (χ2n) is 7.39. The maximum absolute atomic E-state index is 12.4. The Morgan fingerprint density at radius 1 is 1.06 bits per heavy atom. The summed E-state index contributed by atoms with van der Waals surface area (Å²) >= 11 is 14.4. The second kappa shape index (κ2) is 12.8. The van der Waals surface area contributed by atoms with Crippen LogP contribution in [0.5, 0.6) is 5.75 Å². The maximum atomic E-state index is 12.4. The van der Waals surface area contributed by atoms with Crippen molar-refractivity contribution in [3.8, 4) is 5.75 Å². The highest BCUT2D eigenvalue weighted by Crippen LogP contribution is 2.37. The lowest BCUT2D eigenvalue weighted by Crippen LogP contribution is -2.19. The van der Waals surface area contributed by atoms with Crippen LogP contribution in [0.3, 0.4) is 0 Å². The van der Waals surface area contributed by atoms with Gasteiger partial charge in [-0.1, -0.05) is 50.6 Å². The quantitative estimate of drug-likeness (QED) is 0.220. The molecule has 1 aliphatic rings. The molecule has 0 unspecified atom stereocenters. The summed E-state index contributed by atoms with van der Waals surface area (Å²) < 4.78 is 7.68. The van der Waals surface area contributed by atoms with Gasteiger partial charge in [0.25, 0.3) is 5.91 Å². The van der Waals surface area contributed by atoms with Crippen LogP contribution in [0.4, 0.5) is 5.69 Å². The van der Waals surface area contributed by atoms with Gasteiger partial charge in [0.05, 0.1) is 26.1 Å². The van der Waals surface area contributed by atoms with Crippen LogP contribution in [-0.4, -0.2) is 17.7 Å². The van der Waals surface area contributed by atoms with Gasteiger partial charge in [0, 0.05) is 5.02 Å². The highest BCUT2D eigenvalue weighted by molar-refractivity contribution is 9.11. The molecule has 1 amide bonds. The number of halogens is 3. The monoisotopic (exact) mass is 598 g/mol. The van der Waals surface area contributed by atoms with Crippen molar-refractivity contribution in [2.45, 2.75) is 45.4 Å². The van der Waals surface area contributed by atoms with E-state index in [4.69, 9.17) is 16.3 Å². The van der Waals surface area contributed by atoms with Crippen LogP contribution in [0.15, 0.2) is 55.2 Å². The Hall–Kier alpha value is -1.28. The zero-order valence-corrected chi connectivity index (χ0v) is 22.5. The zero-order valence-electron chi connectivity index (χ0n) is 17.8. The fourth-order valence-corrected chi connectivity index (χ4v) is 5.54. The SMILES string of the molecule is CCCCCCCCOc1c(Br)cc(/C=C2/SC(=Nc3ccc(Cl)cc3)NC2=O)cc1Br. The molecule has 0 radical (unpaired) electrons. The van der Waals surface area contributed by atoms with Gasteiger partial charge in [-0.15, -0.1) is 0 Å². The number of aliphatic imine (C=N–C) groups is 1. The van der Waals surface area contributed by atoms with Crippen molar-refractivity contribution in [3.05, 3.63) is 60.8 Å². The van der Waals surface area contributed by atoms with Crippen molar-refractivity contribution < 1.29 is 9.53 Å². The molecule has 1 fully saturated rings. The summed E-state index contributed by atoms with van der Waals surface area (Å²) in [5.74, 6) is 0.618. The molecule has 0 saturated carbocycles. The molecule has 3 rings (SSSR count). The predicted molar refractivity (Wildman–Crippen MR) is 143 cm³/mol. The number of amidine groups is 1. The average Bonchev–Trinajstić information content (AvgIpc) is 3.09. The number of nitrogens with one attached hydrogen (secondary N) is 1. The van der Waals surface area contributed by atoms with E-state index in [2.05, 4.69) is 49.1 Å². The fraction of sp³-hybridized carbons (Fsp3) is 0.333. The van der Waals surface area contributed by atoms with Crippen molar-refractivity contribution in [3.63, 3.8) is 0 Å². The number of nitrogens with zero attached hydrogens (tertiary/aromatic N) is 1. The Bertz CT molecular complexity index is 987. The first kappa shape index (κ1) is 25.3. The molecule has 0 bridgehead atoms. The number of carbonyl (C=O) groups excluding carboxylic acids is 1. The van der Waals surface area contributed by atoms with Gasteiger partial charge < -0.3 is 10.1 Å². The van der Waals surface area contributed by atoms with Crippen LogP contribution < -0.4 is 10.1 Å². The summed E-state index contributed by atoms with van der Waals surface area (Å²) in [6, 6.07) is 11.1. The lowest BCUT2D eigenvalue weighted by atomic mass is 10.1. The first-order valence-corrected chi connectivity index (χ1v) is 13.4. The van der Waals surface area contributed by atoms with Gasteiger partial charge in [0.1, 0.15) is 5.75 Å². The minimum atomic E-state index is -0.168. The van der Waals surface area contributed by atoms with Crippen LogP contribution >= 0.6 is 55.2 Å². The average molecular weight is 601 g/mol. The molecule has 1 heterocycles. The van der Waals surface area contributed by atoms with Crippen LogP contribution in [0.1, 0.15) is 51.0 Å². The summed E-state index contributed by atoms with van der Waals surface area (Å²) in [5, 5.41) is 3.99. The van der Waals surface area contributed by atoms with E-state index in [1.165, 1.54) is 43.9 Å². The third-order valence-corrected chi connectivity index (χ3v) is 7.11. The predicted octanol–water partition coefficient (Wildman–Crippen LogP) is 8.50. The van der Waals surface area contributed by atoms with Crippen LogP contribution in [0.2, 0.25) is 5.02 Å². The molecule has 32 heavy (non-hydrogen) atoms. The van der Waals surface area contributed by atoms with Crippen molar-refractivity contribution in [1.29, 1.82) is 0 Å². The lowest BCUT2D eigenvalue weighted by molar-refractivity contribution is -0.115. The Morgan fingerprint density at radius 2 is 1.72 bits per heavy atom. The summed E-state index contributed by atoms with van der Waals surface area (Å²) in [6.45, 7) is 2.91. The summed E-state index contributed by atoms with van der Waals surface area (Å²) in [4.78, 5) is 17.4. The van der Waals surface area contributed by atoms with E-state index in [-0.39, 0.29) is 5.91 Å². The van der Waals surface area contributed by atoms with Gasteiger partial charge >= 0.3 is 0 Å². The number of unbranched alkanes of at least 4 members (excludes halogenated alkanes) is 5. The van der Waals surface area contributed by atoms with Crippen LogP contribution in [0, 0.1) is 0 Å². The molecule has 0 aromatic heterocycles. The summed E-state index contributed by atoms with van der Waals surface area (Å²) in [7, 11) is 0. The summed E-state index contributed by atoms with van der Waals surface area (Å²) in [5.41, 5.74) is 1.62. The van der Waals surface area contributed by atoms with Crippen LogP contribution in [0.25, 0.3) is 6.08 Å². The highest BCUT2D eigenvalue weighted by Gasteiger charge is 2.24. The molecular formula is C24H25Br2ClN2O2S. The standard InChI is InChI=1S/C24H25Br2ClN2O2S/c1-2-3-4-5-6-7-12-31-22-19(25)13-16(14-20(22)26)15-21-23(30)29-24(32-21)28-18-10-8-17(27)9-11-18/h8-11,13-15H,2-7,12H2,1H3,(H,28,29,30)/b21-15+. The largest absolute Gasteiger partial charge is 0.491 e. The first-order chi connectivity index (χ1) is 15.5. The van der Waals surface area contributed by atoms with E-state index in [9.17, 15) is 4.79 Å². The van der Waals surface area contributed by atoms with Crippen LogP contribution in [-0.2, 0) is 4.79 Å². The second-order valence-corrected chi connectivity index (χ2v) is 10.6. The molecule has 1 saturated heterocycles. The van der Waals surface area contributed by atoms with E-state index in [1.807, 2.05) is 30.3 Å². The summed E-state index contributed by atoms with van der Waals surface area (Å²) in [6.07, 6.45) is 9.19. The molecule has 1 aliphatic heterocycles. The number of ether oxygens (including phenoxy) is 1. The van der Waals surface area contributed by atoms with Gasteiger partial charge in [-0.05, 0) is 98.1 Å². The molecule has 0 aliphatic carbocycles. The highest BCUT2D eigenvalue weighted by atomic mass is 79.9. The third-order valence-electron chi connectivity index (χ3n) is 4.77. The van der Waals surface area contributed by atoms with E-state index >= 15 is 0 Å². The van der Waals surface area contributed by atoms with E-state index in [0.29, 0.717) is 21.7 Å². The third kappa shape index (κ3) is 7.65. The molecule has 2 aromatic rings. The topological polar surface area (TPSA) is 50.7 Å². The lowest BCUT2D eigenvalue weighted by Gasteiger charge is -2.11. The minimum absolute atomic E-state index is 0.168. The Balaban J connectivity index is 1.61. The molecule has 0 spiro atoms. The molecule has 4 nitrogen and oxygen atoms in total. The molecule has 170 valence electrons. The van der Waals surface area contributed by atoms with E-state index < -0.39 is 0 Å². The van der Waals surface area contributed by atoms with Gasteiger partial charge in [0.15, 0.2) is 5.17 Å². The minimum Gasteiger partial charge on any atom is -0.491 e. The Morgan fingerprint density at radius 3 is 2.41 bits per heavy atom. The van der Waals surface area contributed by atoms with Crippen molar-refractivity contribution in [2.24, 2.45) is 4.99 Å². The van der Waals surface area contributed by atoms with Crippen molar-refractivity contribution in [2.75, 3.05) is 6.61 Å². The number of amides is 1. The fourth-order valence-electron chi connectivity index (χ4n) is 3.12. The smallest absolute Gasteiger partial charge is 0.264 e. The van der Waals surface area contributed by atoms with Crippen molar-refractivity contribution >= 4 is 78.1 Å². The van der Waals surface area contributed by atoms with Gasteiger partial charge in [-0.3, -0.25) is 4.79 Å². The first-order valence-electron chi connectivity index (χ1n) is 10.6. The maximum Gasteiger partial charge on any atom is 0.264 e. The van der Waals surface area contributed by atoms with E-state index in [0.717, 1.165) is 32.4 Å². The Kier molecular flexibility index (Phi) is 10.2. The van der Waals surface area contributed by atoms with Gasteiger partial charge in [0.2, 0.25) is 0 Å². The Labute approximate surface area is 215 Å².